The maximum Gasteiger partial charge on any atom is 0.272 e. The van der Waals surface area contributed by atoms with E-state index in [1.165, 1.54) is 5.48 Å². The summed E-state index contributed by atoms with van der Waals surface area (Å²) in [6.07, 6.45) is -1.62. The molecule has 2 rings (SSSR count). The number of carbonyl (C=O) groups is 3. The third-order valence-corrected chi connectivity index (χ3v) is 4.58. The van der Waals surface area contributed by atoms with Crippen LogP contribution in [0.15, 0.2) is 54.6 Å². The van der Waals surface area contributed by atoms with E-state index >= 15 is 0 Å². The first-order chi connectivity index (χ1) is 13.8. The van der Waals surface area contributed by atoms with E-state index in [0.29, 0.717) is 5.56 Å². The summed E-state index contributed by atoms with van der Waals surface area (Å²) in [5.41, 5.74) is 9.24. The van der Waals surface area contributed by atoms with Gasteiger partial charge in [0.1, 0.15) is 12.1 Å². The lowest BCUT2D eigenvalue weighted by Crippen LogP contribution is -2.52. The molecule has 8 heteroatoms. The summed E-state index contributed by atoms with van der Waals surface area (Å²) < 4.78 is 0. The van der Waals surface area contributed by atoms with Crippen LogP contribution >= 0.6 is 0 Å². The lowest BCUT2D eigenvalue weighted by Gasteiger charge is -2.24. The number of carbonyl (C=O) groups excluding carboxylic acids is 3. The molecule has 0 saturated heterocycles. The Labute approximate surface area is 168 Å². The Bertz CT molecular complexity index is 856. The van der Waals surface area contributed by atoms with Crippen molar-refractivity contribution in [1.82, 2.24) is 10.8 Å². The van der Waals surface area contributed by atoms with E-state index in [0.717, 1.165) is 11.1 Å². The second kappa shape index (κ2) is 10.4. The number of nitrogens with two attached hydrogens (primary N) is 1. The number of aliphatic hydroxyl groups is 1. The predicted octanol–water partition coefficient (Wildman–Crippen LogP) is 0.233. The summed E-state index contributed by atoms with van der Waals surface area (Å²) in [5.74, 6) is -3.81. The number of primary amides is 1. The van der Waals surface area contributed by atoms with Crippen molar-refractivity contribution in [3.8, 4) is 0 Å². The molecular weight excluding hydrogens is 374 g/mol. The zero-order chi connectivity index (χ0) is 21.4. The van der Waals surface area contributed by atoms with Gasteiger partial charge in [0, 0.05) is 6.42 Å². The fourth-order valence-corrected chi connectivity index (χ4v) is 3.04. The van der Waals surface area contributed by atoms with Crippen LogP contribution in [0.2, 0.25) is 0 Å². The molecule has 3 unspecified atom stereocenters. The fourth-order valence-electron chi connectivity index (χ4n) is 3.04. The summed E-state index contributed by atoms with van der Waals surface area (Å²) in [7, 11) is 0. The molecule has 0 aliphatic heterocycles. The third-order valence-electron chi connectivity index (χ3n) is 4.58. The monoisotopic (exact) mass is 399 g/mol. The molecule has 0 aliphatic rings. The molecule has 6 N–H and O–H groups in total. The van der Waals surface area contributed by atoms with E-state index in [1.54, 1.807) is 36.4 Å². The van der Waals surface area contributed by atoms with Crippen molar-refractivity contribution in [3.63, 3.8) is 0 Å². The number of aliphatic hydroxyl groups excluding tert-OH is 1. The number of hydrogen-bond acceptors (Lipinski definition) is 5. The van der Waals surface area contributed by atoms with Crippen LogP contribution in [-0.4, -0.2) is 40.2 Å². The summed E-state index contributed by atoms with van der Waals surface area (Å²) in [6.45, 7) is 1.87. The molecule has 0 radical (unpaired) electrons. The Hall–Kier alpha value is -3.23. The van der Waals surface area contributed by atoms with Crippen LogP contribution in [-0.2, 0) is 27.2 Å². The van der Waals surface area contributed by atoms with E-state index in [9.17, 15) is 19.5 Å². The highest BCUT2D eigenvalue weighted by molar-refractivity contribution is 5.92. The average molecular weight is 399 g/mol. The van der Waals surface area contributed by atoms with Gasteiger partial charge >= 0.3 is 0 Å². The van der Waals surface area contributed by atoms with Crippen molar-refractivity contribution in [1.29, 1.82) is 0 Å². The summed E-state index contributed by atoms with van der Waals surface area (Å²) in [6, 6.07) is 15.2. The standard InChI is InChI=1S/C21H25N3O5/c1-13-6-5-9-15(10-13)11-16(18(25)21(28)24-29)20(27)23-17(19(22)26)12-14-7-3-2-4-8-14/h2-10,16-18,25,29H,11-12H2,1H3,(H2,22,26)(H,23,27)(H,24,28). The first-order valence-corrected chi connectivity index (χ1v) is 9.13. The van der Waals surface area contributed by atoms with Gasteiger partial charge < -0.3 is 16.2 Å². The van der Waals surface area contributed by atoms with Gasteiger partial charge in [-0.05, 0) is 24.5 Å². The van der Waals surface area contributed by atoms with Gasteiger partial charge in [0.25, 0.3) is 5.91 Å². The molecule has 2 aromatic carbocycles. The van der Waals surface area contributed by atoms with Gasteiger partial charge in [-0.2, -0.15) is 0 Å². The molecule has 0 aromatic heterocycles. The normalized spacial score (nSPS) is 13.8. The largest absolute Gasteiger partial charge is 0.382 e. The Balaban J connectivity index is 2.22. The fraction of sp³-hybridized carbons (Fsp3) is 0.286. The smallest absolute Gasteiger partial charge is 0.272 e. The van der Waals surface area contributed by atoms with Crippen molar-refractivity contribution in [2.45, 2.75) is 31.9 Å². The van der Waals surface area contributed by atoms with E-state index in [2.05, 4.69) is 5.32 Å². The Morgan fingerprint density at radius 3 is 2.21 bits per heavy atom. The van der Waals surface area contributed by atoms with Crippen LogP contribution in [0.25, 0.3) is 0 Å². The zero-order valence-corrected chi connectivity index (χ0v) is 16.0. The summed E-state index contributed by atoms with van der Waals surface area (Å²) in [4.78, 5) is 36.5. The number of amides is 3. The minimum absolute atomic E-state index is 0.0267. The number of aryl methyl sites for hydroxylation is 1. The van der Waals surface area contributed by atoms with Gasteiger partial charge in [0.15, 0.2) is 0 Å². The first-order valence-electron chi connectivity index (χ1n) is 9.13. The second-order valence-electron chi connectivity index (χ2n) is 6.87. The highest BCUT2D eigenvalue weighted by Crippen LogP contribution is 2.16. The zero-order valence-electron chi connectivity index (χ0n) is 16.0. The number of benzene rings is 2. The van der Waals surface area contributed by atoms with Gasteiger partial charge in [-0.25, -0.2) is 5.48 Å². The van der Waals surface area contributed by atoms with E-state index < -0.39 is 35.8 Å². The van der Waals surface area contributed by atoms with E-state index in [-0.39, 0.29) is 12.8 Å². The quantitative estimate of drug-likeness (QED) is 0.303. The Morgan fingerprint density at radius 2 is 1.62 bits per heavy atom. The lowest BCUT2D eigenvalue weighted by atomic mass is 9.91. The molecule has 0 saturated carbocycles. The van der Waals surface area contributed by atoms with Crippen molar-refractivity contribution in [3.05, 3.63) is 71.3 Å². The average Bonchev–Trinajstić information content (AvgIpc) is 2.71. The molecule has 8 nitrogen and oxygen atoms in total. The van der Waals surface area contributed by atoms with Crippen molar-refractivity contribution in [2.24, 2.45) is 11.7 Å². The van der Waals surface area contributed by atoms with Crippen LogP contribution in [0, 0.1) is 12.8 Å². The summed E-state index contributed by atoms with van der Waals surface area (Å²) in [5, 5.41) is 21.6. The van der Waals surface area contributed by atoms with Gasteiger partial charge in [0.2, 0.25) is 11.8 Å². The van der Waals surface area contributed by atoms with Crippen molar-refractivity contribution in [2.75, 3.05) is 0 Å². The van der Waals surface area contributed by atoms with Crippen LogP contribution in [0.5, 0.6) is 0 Å². The molecule has 3 atom stereocenters. The Morgan fingerprint density at radius 1 is 0.966 bits per heavy atom. The number of hydroxylamine groups is 1. The van der Waals surface area contributed by atoms with E-state index in [1.807, 2.05) is 25.1 Å². The van der Waals surface area contributed by atoms with Gasteiger partial charge in [-0.3, -0.25) is 19.6 Å². The van der Waals surface area contributed by atoms with Gasteiger partial charge in [-0.1, -0.05) is 60.2 Å². The number of hydrogen-bond donors (Lipinski definition) is 5. The third kappa shape index (κ3) is 6.41. The molecule has 0 fully saturated rings. The molecule has 3 amide bonds. The topological polar surface area (TPSA) is 142 Å². The van der Waals surface area contributed by atoms with Crippen LogP contribution in [0.1, 0.15) is 16.7 Å². The van der Waals surface area contributed by atoms with E-state index in [4.69, 9.17) is 10.9 Å². The number of rotatable bonds is 9. The highest BCUT2D eigenvalue weighted by Gasteiger charge is 2.34. The molecule has 29 heavy (non-hydrogen) atoms. The second-order valence-corrected chi connectivity index (χ2v) is 6.87. The molecule has 154 valence electrons. The minimum Gasteiger partial charge on any atom is -0.382 e. The molecule has 0 spiro atoms. The predicted molar refractivity (Wildman–Crippen MR) is 106 cm³/mol. The maximum absolute atomic E-state index is 12.9. The molecule has 0 heterocycles. The minimum atomic E-state index is -1.81. The lowest BCUT2D eigenvalue weighted by molar-refractivity contribution is -0.146. The van der Waals surface area contributed by atoms with Crippen LogP contribution in [0.3, 0.4) is 0 Å². The molecule has 0 bridgehead atoms. The van der Waals surface area contributed by atoms with Crippen LogP contribution < -0.4 is 16.5 Å². The van der Waals surface area contributed by atoms with Gasteiger partial charge in [0.05, 0.1) is 5.92 Å². The van der Waals surface area contributed by atoms with Crippen molar-refractivity contribution < 1.29 is 24.7 Å². The maximum atomic E-state index is 12.9. The molecule has 2 aromatic rings. The van der Waals surface area contributed by atoms with Crippen LogP contribution in [0.4, 0.5) is 0 Å². The molecule has 0 aliphatic carbocycles. The SMILES string of the molecule is Cc1cccc(CC(C(=O)NC(Cc2ccccc2)C(N)=O)C(O)C(=O)NO)c1. The Kier molecular flexibility index (Phi) is 7.88. The first kappa shape index (κ1) is 22.1. The highest BCUT2D eigenvalue weighted by atomic mass is 16.5. The van der Waals surface area contributed by atoms with Gasteiger partial charge in [-0.15, -0.1) is 0 Å². The van der Waals surface area contributed by atoms with Crippen molar-refractivity contribution >= 4 is 17.7 Å². The molecular formula is C21H25N3O5. The number of nitrogens with one attached hydrogen (secondary N) is 2. The summed E-state index contributed by atoms with van der Waals surface area (Å²) >= 11 is 0.